The van der Waals surface area contributed by atoms with Crippen molar-refractivity contribution in [3.05, 3.63) is 99.0 Å². The van der Waals surface area contributed by atoms with Gasteiger partial charge in [-0.25, -0.2) is 13.6 Å². The van der Waals surface area contributed by atoms with E-state index in [1.54, 1.807) is 16.7 Å². The minimum Gasteiger partial charge on any atom is -0.488 e. The molecule has 1 saturated heterocycles. The summed E-state index contributed by atoms with van der Waals surface area (Å²) >= 11 is 0. The van der Waals surface area contributed by atoms with Crippen LogP contribution in [-0.2, 0) is 11.3 Å². The molecular formula is C29H27F2N3O3. The first-order valence-corrected chi connectivity index (χ1v) is 12.4. The molecular weight excluding hydrogens is 476 g/mol. The first kappa shape index (κ1) is 23.6. The van der Waals surface area contributed by atoms with Gasteiger partial charge >= 0.3 is 5.69 Å². The number of imidazole rings is 1. The number of fused-ring (bicyclic) bond motifs is 3. The largest absolute Gasteiger partial charge is 0.488 e. The smallest absolute Gasteiger partial charge is 0.326 e. The Morgan fingerprint density at radius 1 is 1.00 bits per heavy atom. The number of benzene rings is 3. The van der Waals surface area contributed by atoms with Gasteiger partial charge in [0.15, 0.2) is 0 Å². The molecule has 6 rings (SSSR count). The number of hydrogen-bond donors (Lipinski definition) is 1. The molecule has 4 aromatic rings. The highest BCUT2D eigenvalue weighted by Gasteiger charge is 2.22. The Morgan fingerprint density at radius 3 is 2.57 bits per heavy atom. The standard InChI is InChI=1S/C29H27F2N3O3/c1-18(16-33-8-10-36-11-9-33)34-27-7-2-19(13-26(27)32-29(34)35)12-25-23-5-3-21(30)14-20(23)17-37-28-15-22(31)4-6-24(25)28/h2-7,12-15,18H,8-11,16-17H2,1H3,(H,32,35)/t18-/m1/s1. The van der Waals surface area contributed by atoms with Crippen molar-refractivity contribution in [2.24, 2.45) is 0 Å². The molecule has 6 nitrogen and oxygen atoms in total. The minimum atomic E-state index is -0.401. The number of H-pyrrole nitrogens is 1. The van der Waals surface area contributed by atoms with Gasteiger partial charge in [0.1, 0.15) is 24.0 Å². The fourth-order valence-corrected chi connectivity index (χ4v) is 5.32. The number of nitrogens with one attached hydrogen (secondary N) is 1. The van der Waals surface area contributed by atoms with Crippen LogP contribution in [-0.4, -0.2) is 47.3 Å². The van der Waals surface area contributed by atoms with Crippen molar-refractivity contribution in [3.8, 4) is 5.75 Å². The lowest BCUT2D eigenvalue weighted by Gasteiger charge is -2.29. The van der Waals surface area contributed by atoms with Crippen LogP contribution in [0.2, 0.25) is 0 Å². The van der Waals surface area contributed by atoms with E-state index >= 15 is 0 Å². The highest BCUT2D eigenvalue weighted by molar-refractivity contribution is 5.95. The van der Waals surface area contributed by atoms with E-state index < -0.39 is 5.82 Å². The van der Waals surface area contributed by atoms with Gasteiger partial charge in [-0.15, -0.1) is 0 Å². The van der Waals surface area contributed by atoms with Gasteiger partial charge in [-0.2, -0.15) is 0 Å². The summed E-state index contributed by atoms with van der Waals surface area (Å²) in [5.41, 5.74) is 5.28. The van der Waals surface area contributed by atoms with E-state index in [2.05, 4.69) is 16.8 Å². The number of hydrogen-bond acceptors (Lipinski definition) is 4. The molecule has 0 saturated carbocycles. The van der Waals surface area contributed by atoms with Gasteiger partial charge in [0.25, 0.3) is 0 Å². The van der Waals surface area contributed by atoms with Crippen molar-refractivity contribution in [2.75, 3.05) is 32.8 Å². The molecule has 1 fully saturated rings. The lowest BCUT2D eigenvalue weighted by Crippen LogP contribution is -2.40. The molecule has 1 N–H and O–H groups in total. The van der Waals surface area contributed by atoms with Crippen LogP contribution in [0.1, 0.15) is 35.2 Å². The van der Waals surface area contributed by atoms with Crippen LogP contribution in [0.4, 0.5) is 8.78 Å². The lowest BCUT2D eigenvalue weighted by atomic mass is 9.92. The second kappa shape index (κ2) is 9.61. The molecule has 2 aliphatic rings. The van der Waals surface area contributed by atoms with Gasteiger partial charge in [-0.3, -0.25) is 9.47 Å². The Labute approximate surface area is 212 Å². The summed E-state index contributed by atoms with van der Waals surface area (Å²) < 4.78 is 41.1. The Morgan fingerprint density at radius 2 is 1.76 bits per heavy atom. The number of morpholine rings is 1. The van der Waals surface area contributed by atoms with E-state index in [0.717, 1.165) is 52.9 Å². The van der Waals surface area contributed by atoms with Crippen molar-refractivity contribution in [2.45, 2.75) is 19.6 Å². The van der Waals surface area contributed by atoms with Crippen molar-refractivity contribution in [1.82, 2.24) is 14.5 Å². The molecule has 1 atom stereocenters. The molecule has 37 heavy (non-hydrogen) atoms. The molecule has 0 spiro atoms. The number of ether oxygens (including phenoxy) is 2. The molecule has 0 amide bonds. The molecule has 190 valence electrons. The molecule has 3 heterocycles. The summed E-state index contributed by atoms with van der Waals surface area (Å²) in [4.78, 5) is 18.2. The number of aromatic amines is 1. The third-order valence-electron chi connectivity index (χ3n) is 7.09. The quantitative estimate of drug-likeness (QED) is 0.427. The number of halogens is 2. The molecule has 1 aromatic heterocycles. The third-order valence-corrected chi connectivity index (χ3v) is 7.09. The Hall–Kier alpha value is -3.75. The topological polar surface area (TPSA) is 59.5 Å². The van der Waals surface area contributed by atoms with Gasteiger partial charge in [-0.1, -0.05) is 12.1 Å². The average molecular weight is 504 g/mol. The Balaban J connectivity index is 1.41. The monoisotopic (exact) mass is 503 g/mol. The Bertz CT molecular complexity index is 1510. The van der Waals surface area contributed by atoms with E-state index in [-0.39, 0.29) is 24.2 Å². The highest BCUT2D eigenvalue weighted by Crippen LogP contribution is 2.38. The van der Waals surface area contributed by atoms with Crippen molar-refractivity contribution >= 4 is 22.7 Å². The fraction of sp³-hybridized carbons (Fsp3) is 0.276. The van der Waals surface area contributed by atoms with Gasteiger partial charge in [0.05, 0.1) is 24.2 Å². The molecule has 0 unspecified atom stereocenters. The first-order valence-electron chi connectivity index (χ1n) is 12.4. The fourth-order valence-electron chi connectivity index (χ4n) is 5.32. The van der Waals surface area contributed by atoms with Crippen molar-refractivity contribution in [1.29, 1.82) is 0 Å². The number of rotatable bonds is 4. The average Bonchev–Trinajstić information content (AvgIpc) is 3.14. The molecule has 8 heteroatoms. The summed E-state index contributed by atoms with van der Waals surface area (Å²) in [6, 6.07) is 14.8. The van der Waals surface area contributed by atoms with Gasteiger partial charge < -0.3 is 14.5 Å². The maximum atomic E-state index is 14.0. The van der Waals surface area contributed by atoms with E-state index in [9.17, 15) is 13.6 Å². The maximum Gasteiger partial charge on any atom is 0.326 e. The molecule has 3 aromatic carbocycles. The van der Waals surface area contributed by atoms with Gasteiger partial charge in [0.2, 0.25) is 0 Å². The van der Waals surface area contributed by atoms with Crippen molar-refractivity contribution < 1.29 is 18.3 Å². The van der Waals surface area contributed by atoms with Crippen LogP contribution in [0.25, 0.3) is 22.7 Å². The van der Waals surface area contributed by atoms with E-state index in [4.69, 9.17) is 9.47 Å². The summed E-state index contributed by atoms with van der Waals surface area (Å²) in [5, 5.41) is 0. The summed E-state index contributed by atoms with van der Waals surface area (Å²) in [6.45, 7) is 6.10. The van der Waals surface area contributed by atoms with Gasteiger partial charge in [0, 0.05) is 42.9 Å². The maximum absolute atomic E-state index is 14.0. The van der Waals surface area contributed by atoms with E-state index in [0.29, 0.717) is 24.5 Å². The molecule has 0 aliphatic carbocycles. The van der Waals surface area contributed by atoms with Gasteiger partial charge in [-0.05, 0) is 66.1 Å². The molecule has 0 radical (unpaired) electrons. The van der Waals surface area contributed by atoms with Crippen LogP contribution in [0.5, 0.6) is 5.75 Å². The van der Waals surface area contributed by atoms with Crippen LogP contribution in [0, 0.1) is 11.6 Å². The van der Waals surface area contributed by atoms with E-state index in [1.807, 2.05) is 24.3 Å². The summed E-state index contributed by atoms with van der Waals surface area (Å²) in [7, 11) is 0. The first-order chi connectivity index (χ1) is 18.0. The second-order valence-electron chi connectivity index (χ2n) is 9.63. The van der Waals surface area contributed by atoms with Crippen molar-refractivity contribution in [3.63, 3.8) is 0 Å². The van der Waals surface area contributed by atoms with Crippen LogP contribution in [0.3, 0.4) is 0 Å². The van der Waals surface area contributed by atoms with Crippen LogP contribution < -0.4 is 10.4 Å². The lowest BCUT2D eigenvalue weighted by molar-refractivity contribution is 0.0326. The molecule has 2 aliphatic heterocycles. The summed E-state index contributed by atoms with van der Waals surface area (Å²) in [6.07, 6.45) is 1.97. The predicted molar refractivity (Wildman–Crippen MR) is 139 cm³/mol. The SMILES string of the molecule is C[C@H](CN1CCOCC1)n1c(=O)[nH]c2cc(C=C3c4ccc(F)cc4COc4cc(F)ccc43)ccc21. The van der Waals surface area contributed by atoms with E-state index in [1.165, 1.54) is 24.3 Å². The minimum absolute atomic E-state index is 0.00823. The predicted octanol–water partition coefficient (Wildman–Crippen LogP) is 4.98. The zero-order valence-electron chi connectivity index (χ0n) is 20.5. The zero-order chi connectivity index (χ0) is 25.5. The zero-order valence-corrected chi connectivity index (χ0v) is 20.5. The highest BCUT2D eigenvalue weighted by atomic mass is 19.1. The van der Waals surface area contributed by atoms with Crippen LogP contribution in [0.15, 0.2) is 59.4 Å². The molecule has 0 bridgehead atoms. The third kappa shape index (κ3) is 4.58. The second-order valence-corrected chi connectivity index (χ2v) is 9.63. The number of aromatic nitrogens is 2. The Kier molecular flexibility index (Phi) is 6.14. The summed E-state index contributed by atoms with van der Waals surface area (Å²) in [5.74, 6) is -0.354. The normalized spacial score (nSPS) is 17.8. The van der Waals surface area contributed by atoms with Crippen LogP contribution >= 0.6 is 0 Å². The number of nitrogens with zero attached hydrogens (tertiary/aromatic N) is 2.